The molecule has 9 heteroatoms. The third-order valence-corrected chi connectivity index (χ3v) is 5.83. The zero-order valence-electron chi connectivity index (χ0n) is 19.6. The van der Waals surface area contributed by atoms with E-state index in [2.05, 4.69) is 0 Å². The molecule has 0 bridgehead atoms. The van der Waals surface area contributed by atoms with Crippen molar-refractivity contribution in [3.63, 3.8) is 0 Å². The van der Waals surface area contributed by atoms with Crippen LogP contribution in [0.5, 0.6) is 17.2 Å². The molecular weight excluding hydrogens is 458 g/mol. The normalized spacial score (nSPS) is 14.5. The predicted octanol–water partition coefficient (Wildman–Crippen LogP) is 4.37. The number of carbonyl (C=O) groups is 3. The van der Waals surface area contributed by atoms with Gasteiger partial charge in [0.05, 0.1) is 25.2 Å². The van der Waals surface area contributed by atoms with Gasteiger partial charge in [-0.3, -0.25) is 14.5 Å². The lowest BCUT2D eigenvalue weighted by atomic mass is 10.1. The van der Waals surface area contributed by atoms with Crippen molar-refractivity contribution in [2.75, 3.05) is 33.5 Å². The molecule has 1 saturated heterocycles. The summed E-state index contributed by atoms with van der Waals surface area (Å²) in [4.78, 5) is 38.2. The Morgan fingerprint density at radius 2 is 1.82 bits per heavy atom. The number of ether oxygens (including phenoxy) is 4. The van der Waals surface area contributed by atoms with E-state index in [4.69, 9.17) is 18.9 Å². The van der Waals surface area contributed by atoms with Crippen molar-refractivity contribution in [3.8, 4) is 17.2 Å². The third kappa shape index (κ3) is 6.32. The van der Waals surface area contributed by atoms with Gasteiger partial charge in [0, 0.05) is 0 Å². The van der Waals surface area contributed by atoms with E-state index >= 15 is 0 Å². The largest absolute Gasteiger partial charge is 0.493 e. The molecule has 0 spiro atoms. The highest BCUT2D eigenvalue weighted by atomic mass is 32.2. The van der Waals surface area contributed by atoms with E-state index in [0.29, 0.717) is 22.0 Å². The lowest BCUT2D eigenvalue weighted by Crippen LogP contribution is -2.32. The summed E-state index contributed by atoms with van der Waals surface area (Å²) in [5, 5.41) is -0.345. The molecule has 0 aliphatic carbocycles. The van der Waals surface area contributed by atoms with Gasteiger partial charge in [0.2, 0.25) is 0 Å². The summed E-state index contributed by atoms with van der Waals surface area (Å²) in [6.45, 7) is 6.01. The molecule has 1 aliphatic rings. The number of thioether (sulfide) groups is 1. The number of nitrogens with zero attached hydrogens (tertiary/aromatic N) is 1. The maximum atomic E-state index is 12.8. The second-order valence-electron chi connectivity index (χ2n) is 7.45. The van der Waals surface area contributed by atoms with Crippen LogP contribution in [0.2, 0.25) is 0 Å². The Labute approximate surface area is 202 Å². The number of methoxy groups -OCH3 is 1. The van der Waals surface area contributed by atoms with Crippen molar-refractivity contribution in [3.05, 3.63) is 58.0 Å². The number of hydrogen-bond donors (Lipinski definition) is 0. The summed E-state index contributed by atoms with van der Waals surface area (Å²) in [6, 6.07) is 10.9. The number of benzene rings is 2. The third-order valence-electron chi connectivity index (χ3n) is 4.93. The zero-order valence-corrected chi connectivity index (χ0v) is 20.4. The first-order valence-electron chi connectivity index (χ1n) is 10.7. The molecule has 180 valence electrons. The summed E-state index contributed by atoms with van der Waals surface area (Å²) in [6.07, 6.45) is 1.62. The highest BCUT2D eigenvalue weighted by molar-refractivity contribution is 8.18. The van der Waals surface area contributed by atoms with Crippen molar-refractivity contribution in [2.24, 2.45) is 0 Å². The molecule has 2 aromatic rings. The van der Waals surface area contributed by atoms with E-state index in [9.17, 15) is 14.4 Å². The van der Waals surface area contributed by atoms with Crippen LogP contribution in [0.15, 0.2) is 41.3 Å². The number of amides is 2. The molecule has 2 aromatic carbocycles. The van der Waals surface area contributed by atoms with Gasteiger partial charge in [-0.25, -0.2) is 4.79 Å². The van der Waals surface area contributed by atoms with E-state index in [-0.39, 0.29) is 37.5 Å². The Bertz CT molecular complexity index is 1110. The van der Waals surface area contributed by atoms with Crippen molar-refractivity contribution in [1.82, 2.24) is 4.90 Å². The lowest BCUT2D eigenvalue weighted by Gasteiger charge is -2.14. The zero-order chi connectivity index (χ0) is 24.7. The minimum absolute atomic E-state index is 0.152. The average molecular weight is 486 g/mol. The summed E-state index contributed by atoms with van der Waals surface area (Å²) in [5.74, 6) is 0.633. The molecule has 0 unspecified atom stereocenters. The Kier molecular flexibility index (Phi) is 8.59. The monoisotopic (exact) mass is 485 g/mol. The SMILES string of the molecule is CCOC(=O)COc1ccc(/C=C2\SC(=O)N(CCOc3cc(C)ccc3C)C2=O)cc1OC. The number of aryl methyl sites for hydroxylation is 2. The fourth-order valence-electron chi connectivity index (χ4n) is 3.19. The van der Waals surface area contributed by atoms with Gasteiger partial charge < -0.3 is 18.9 Å². The van der Waals surface area contributed by atoms with Crippen LogP contribution in [-0.4, -0.2) is 55.5 Å². The summed E-state index contributed by atoms with van der Waals surface area (Å²) < 4.78 is 21.4. The standard InChI is InChI=1S/C25H27NO7S/c1-5-31-23(27)15-33-19-9-8-18(13-21(19)30-4)14-22-24(28)26(25(29)34-22)10-11-32-20-12-16(2)6-7-17(20)3/h6-9,12-14H,5,10-11,15H2,1-4H3/b22-14-. The second-order valence-corrected chi connectivity index (χ2v) is 8.45. The highest BCUT2D eigenvalue weighted by Gasteiger charge is 2.34. The molecule has 8 nitrogen and oxygen atoms in total. The number of hydrogen-bond acceptors (Lipinski definition) is 8. The summed E-state index contributed by atoms with van der Waals surface area (Å²) >= 11 is 0.876. The molecule has 0 radical (unpaired) electrons. The molecule has 1 aliphatic heterocycles. The van der Waals surface area contributed by atoms with E-state index in [1.54, 1.807) is 31.2 Å². The first-order valence-corrected chi connectivity index (χ1v) is 11.6. The molecule has 2 amide bonds. The first kappa shape index (κ1) is 25.2. The topological polar surface area (TPSA) is 91.4 Å². The van der Waals surface area contributed by atoms with Crippen LogP contribution >= 0.6 is 11.8 Å². The van der Waals surface area contributed by atoms with Gasteiger partial charge in [-0.1, -0.05) is 18.2 Å². The minimum Gasteiger partial charge on any atom is -0.493 e. The Morgan fingerprint density at radius 1 is 1.03 bits per heavy atom. The molecule has 3 rings (SSSR count). The summed E-state index contributed by atoms with van der Waals surface area (Å²) in [7, 11) is 1.47. The lowest BCUT2D eigenvalue weighted by molar-refractivity contribution is -0.145. The van der Waals surface area contributed by atoms with Gasteiger partial charge in [-0.05, 0) is 73.5 Å². The molecule has 0 saturated carbocycles. The van der Waals surface area contributed by atoms with Crippen molar-refractivity contribution in [2.45, 2.75) is 20.8 Å². The number of imide groups is 1. The number of rotatable bonds is 10. The quantitative estimate of drug-likeness (QED) is 0.362. The van der Waals surface area contributed by atoms with E-state index < -0.39 is 5.97 Å². The Morgan fingerprint density at radius 3 is 2.56 bits per heavy atom. The maximum absolute atomic E-state index is 12.8. The molecule has 0 aromatic heterocycles. The fraction of sp³-hybridized carbons (Fsp3) is 0.320. The number of esters is 1. The second kappa shape index (κ2) is 11.6. The minimum atomic E-state index is -0.483. The molecule has 0 atom stereocenters. The van der Waals surface area contributed by atoms with Crippen molar-refractivity contribution < 1.29 is 33.3 Å². The van der Waals surface area contributed by atoms with Crippen LogP contribution < -0.4 is 14.2 Å². The first-order chi connectivity index (χ1) is 16.3. The van der Waals surface area contributed by atoms with E-state index in [1.165, 1.54) is 12.0 Å². The highest BCUT2D eigenvalue weighted by Crippen LogP contribution is 2.34. The average Bonchev–Trinajstić information content (AvgIpc) is 3.07. The number of carbonyl (C=O) groups excluding carboxylic acids is 3. The van der Waals surface area contributed by atoms with Crippen molar-refractivity contribution >= 4 is 35.0 Å². The fourth-order valence-corrected chi connectivity index (χ4v) is 4.05. The molecule has 1 heterocycles. The van der Waals surface area contributed by atoms with Gasteiger partial charge in [0.25, 0.3) is 11.1 Å². The van der Waals surface area contributed by atoms with Gasteiger partial charge in [0.1, 0.15) is 12.4 Å². The van der Waals surface area contributed by atoms with Gasteiger partial charge >= 0.3 is 5.97 Å². The Balaban J connectivity index is 1.64. The van der Waals surface area contributed by atoms with Crippen molar-refractivity contribution in [1.29, 1.82) is 0 Å². The predicted molar refractivity (Wildman–Crippen MR) is 129 cm³/mol. The molecular formula is C25H27NO7S. The van der Waals surface area contributed by atoms with Crippen LogP contribution in [-0.2, 0) is 14.3 Å². The van der Waals surface area contributed by atoms with Gasteiger partial charge in [-0.15, -0.1) is 0 Å². The Hall–Kier alpha value is -3.46. The van der Waals surface area contributed by atoms with Crippen LogP contribution in [0, 0.1) is 13.8 Å². The smallest absolute Gasteiger partial charge is 0.344 e. The summed E-state index contributed by atoms with van der Waals surface area (Å²) in [5.41, 5.74) is 2.71. The molecule has 34 heavy (non-hydrogen) atoms. The van der Waals surface area contributed by atoms with E-state index in [1.807, 2.05) is 32.0 Å². The molecule has 1 fully saturated rings. The van der Waals surface area contributed by atoms with E-state index in [0.717, 1.165) is 28.6 Å². The maximum Gasteiger partial charge on any atom is 0.344 e. The van der Waals surface area contributed by atoms with Crippen LogP contribution in [0.3, 0.4) is 0 Å². The van der Waals surface area contributed by atoms with Crippen LogP contribution in [0.1, 0.15) is 23.6 Å². The van der Waals surface area contributed by atoms with Gasteiger partial charge in [0.15, 0.2) is 18.1 Å². The van der Waals surface area contributed by atoms with Crippen LogP contribution in [0.4, 0.5) is 4.79 Å². The van der Waals surface area contributed by atoms with Gasteiger partial charge in [-0.2, -0.15) is 0 Å². The molecule has 0 N–H and O–H groups in total. The van der Waals surface area contributed by atoms with Crippen LogP contribution in [0.25, 0.3) is 6.08 Å².